The van der Waals surface area contributed by atoms with E-state index in [1.807, 2.05) is 12.1 Å². The number of rotatable bonds is 6. The highest BCUT2D eigenvalue weighted by Gasteiger charge is 2.47. The average Bonchev–Trinajstić information content (AvgIpc) is 3.11. The van der Waals surface area contributed by atoms with Gasteiger partial charge in [-0.25, -0.2) is 0 Å². The highest BCUT2D eigenvalue weighted by atomic mass is 35.5. The lowest BCUT2D eigenvalue weighted by Crippen LogP contribution is -2.29. The Labute approximate surface area is 209 Å². The summed E-state index contributed by atoms with van der Waals surface area (Å²) in [6.45, 7) is 6.24. The maximum absolute atomic E-state index is 13.3. The van der Waals surface area contributed by atoms with Crippen LogP contribution < -0.4 is 9.64 Å². The normalized spacial score (nSPS) is 17.3. The number of ketones is 1. The molecule has 1 aliphatic rings. The van der Waals surface area contributed by atoms with Crippen LogP contribution >= 0.6 is 11.6 Å². The second kappa shape index (κ2) is 9.84. The SMILES string of the molecule is CCOc1cc(C2/C(=C(/O)c3ccc(Cl)cc3)C(=O)C(=O)N2c2ccc(C(C)C)cc2)ccc1O. The second-order valence-electron chi connectivity index (χ2n) is 8.58. The zero-order valence-corrected chi connectivity index (χ0v) is 20.4. The number of halogens is 1. The summed E-state index contributed by atoms with van der Waals surface area (Å²) in [5.74, 6) is -1.41. The number of benzene rings is 3. The van der Waals surface area contributed by atoms with Gasteiger partial charge in [-0.15, -0.1) is 0 Å². The van der Waals surface area contributed by atoms with E-state index in [0.717, 1.165) is 5.56 Å². The molecule has 0 radical (unpaired) electrons. The van der Waals surface area contributed by atoms with Gasteiger partial charge in [-0.1, -0.05) is 43.6 Å². The molecular formula is C28H26ClNO5. The molecule has 3 aromatic rings. The summed E-state index contributed by atoms with van der Waals surface area (Å²) in [6, 6.07) is 17.5. The van der Waals surface area contributed by atoms with E-state index in [4.69, 9.17) is 16.3 Å². The van der Waals surface area contributed by atoms with Crippen LogP contribution in [-0.4, -0.2) is 28.5 Å². The van der Waals surface area contributed by atoms with Crippen molar-refractivity contribution >= 4 is 34.7 Å². The van der Waals surface area contributed by atoms with Crippen LogP contribution in [0, 0.1) is 0 Å². The molecule has 7 heteroatoms. The number of anilines is 1. The van der Waals surface area contributed by atoms with E-state index in [-0.39, 0.29) is 22.8 Å². The summed E-state index contributed by atoms with van der Waals surface area (Å²) < 4.78 is 5.54. The van der Waals surface area contributed by atoms with Crippen molar-refractivity contribution in [3.63, 3.8) is 0 Å². The van der Waals surface area contributed by atoms with Gasteiger partial charge in [-0.05, 0) is 72.5 Å². The van der Waals surface area contributed by atoms with E-state index in [2.05, 4.69) is 13.8 Å². The summed E-state index contributed by atoms with van der Waals surface area (Å²) in [5.41, 5.74) is 2.41. The molecule has 1 aliphatic heterocycles. The summed E-state index contributed by atoms with van der Waals surface area (Å²) in [6.07, 6.45) is 0. The number of phenolic OH excluding ortho intramolecular Hbond substituents is 1. The first-order valence-electron chi connectivity index (χ1n) is 11.4. The van der Waals surface area contributed by atoms with Gasteiger partial charge in [0.2, 0.25) is 0 Å². The molecule has 0 aromatic heterocycles. The molecule has 180 valence electrons. The predicted octanol–water partition coefficient (Wildman–Crippen LogP) is 6.19. The van der Waals surface area contributed by atoms with Crippen LogP contribution in [0.2, 0.25) is 5.02 Å². The smallest absolute Gasteiger partial charge is 0.300 e. The summed E-state index contributed by atoms with van der Waals surface area (Å²) >= 11 is 5.99. The first-order chi connectivity index (χ1) is 16.7. The molecule has 1 unspecified atom stereocenters. The Balaban J connectivity index is 1.93. The highest BCUT2D eigenvalue weighted by Crippen LogP contribution is 2.44. The third-order valence-electron chi connectivity index (χ3n) is 6.00. The number of carbonyl (C=O) groups excluding carboxylic acids is 2. The molecule has 35 heavy (non-hydrogen) atoms. The average molecular weight is 492 g/mol. The van der Waals surface area contributed by atoms with Gasteiger partial charge in [0.15, 0.2) is 11.5 Å². The number of hydrogen-bond donors (Lipinski definition) is 2. The van der Waals surface area contributed by atoms with Crippen molar-refractivity contribution in [1.82, 2.24) is 0 Å². The van der Waals surface area contributed by atoms with Crippen molar-refractivity contribution in [1.29, 1.82) is 0 Å². The molecule has 2 N–H and O–H groups in total. The van der Waals surface area contributed by atoms with Gasteiger partial charge >= 0.3 is 0 Å². The van der Waals surface area contributed by atoms with E-state index in [9.17, 15) is 19.8 Å². The van der Waals surface area contributed by atoms with E-state index in [0.29, 0.717) is 34.4 Å². The maximum atomic E-state index is 13.3. The van der Waals surface area contributed by atoms with Crippen molar-refractivity contribution in [3.05, 3.63) is 94.0 Å². The van der Waals surface area contributed by atoms with E-state index in [1.165, 1.54) is 11.0 Å². The lowest BCUT2D eigenvalue weighted by Gasteiger charge is -2.26. The van der Waals surface area contributed by atoms with Crippen molar-refractivity contribution in [3.8, 4) is 11.5 Å². The van der Waals surface area contributed by atoms with Gasteiger partial charge in [0, 0.05) is 16.3 Å². The molecule has 0 bridgehead atoms. The number of ether oxygens (including phenoxy) is 1. The Bertz CT molecular complexity index is 1300. The highest BCUT2D eigenvalue weighted by molar-refractivity contribution is 6.51. The zero-order valence-electron chi connectivity index (χ0n) is 19.7. The molecule has 6 nitrogen and oxygen atoms in total. The van der Waals surface area contributed by atoms with E-state index >= 15 is 0 Å². The fourth-order valence-electron chi connectivity index (χ4n) is 4.17. The summed E-state index contributed by atoms with van der Waals surface area (Å²) in [4.78, 5) is 28.0. The minimum Gasteiger partial charge on any atom is -0.507 e. The minimum absolute atomic E-state index is 0.0570. The van der Waals surface area contributed by atoms with Crippen molar-refractivity contribution in [2.24, 2.45) is 0 Å². The topological polar surface area (TPSA) is 87.1 Å². The molecule has 0 spiro atoms. The lowest BCUT2D eigenvalue weighted by atomic mass is 9.94. The molecule has 1 fully saturated rings. The van der Waals surface area contributed by atoms with Crippen molar-refractivity contribution in [2.45, 2.75) is 32.7 Å². The molecule has 4 rings (SSSR count). The Kier molecular flexibility index (Phi) is 6.85. The zero-order chi connectivity index (χ0) is 25.3. The first kappa shape index (κ1) is 24.4. The Morgan fingerprint density at radius 3 is 2.29 bits per heavy atom. The third kappa shape index (κ3) is 4.62. The van der Waals surface area contributed by atoms with Gasteiger partial charge in [-0.2, -0.15) is 0 Å². The number of amides is 1. The largest absolute Gasteiger partial charge is 0.507 e. The third-order valence-corrected chi connectivity index (χ3v) is 6.25. The van der Waals surface area contributed by atoms with Crippen LogP contribution in [0.5, 0.6) is 11.5 Å². The van der Waals surface area contributed by atoms with Crippen molar-refractivity contribution in [2.75, 3.05) is 11.5 Å². The van der Waals surface area contributed by atoms with Crippen LogP contribution in [0.3, 0.4) is 0 Å². The standard InChI is InChI=1S/C28H26ClNO5/c1-4-35-23-15-19(9-14-22(23)31)25-24(26(32)18-5-10-20(29)11-6-18)27(33)28(34)30(25)21-12-7-17(8-13-21)16(2)3/h5-16,25,31-32H,4H2,1-3H3/b26-24-. The number of aromatic hydroxyl groups is 1. The monoisotopic (exact) mass is 491 g/mol. The number of nitrogens with zero attached hydrogens (tertiary/aromatic N) is 1. The minimum atomic E-state index is -0.935. The van der Waals surface area contributed by atoms with Gasteiger partial charge in [-0.3, -0.25) is 14.5 Å². The molecule has 1 atom stereocenters. The van der Waals surface area contributed by atoms with Crippen LogP contribution in [0.1, 0.15) is 49.4 Å². The molecule has 1 heterocycles. The summed E-state index contributed by atoms with van der Waals surface area (Å²) in [7, 11) is 0. The number of aliphatic hydroxyl groups is 1. The van der Waals surface area contributed by atoms with Gasteiger partial charge < -0.3 is 14.9 Å². The van der Waals surface area contributed by atoms with E-state index < -0.39 is 17.7 Å². The second-order valence-corrected chi connectivity index (χ2v) is 9.02. The number of carbonyl (C=O) groups is 2. The van der Waals surface area contributed by atoms with Crippen LogP contribution in [0.4, 0.5) is 5.69 Å². The first-order valence-corrected chi connectivity index (χ1v) is 11.7. The molecule has 3 aromatic carbocycles. The van der Waals surface area contributed by atoms with Gasteiger partial charge in [0.05, 0.1) is 18.2 Å². The van der Waals surface area contributed by atoms with Crippen LogP contribution in [-0.2, 0) is 9.59 Å². The Morgan fingerprint density at radius 1 is 1.03 bits per heavy atom. The Hall–Kier alpha value is -3.77. The number of phenols is 1. The fraction of sp³-hybridized carbons (Fsp3) is 0.214. The maximum Gasteiger partial charge on any atom is 0.300 e. The summed E-state index contributed by atoms with van der Waals surface area (Å²) in [5, 5.41) is 21.9. The fourth-order valence-corrected chi connectivity index (χ4v) is 4.30. The van der Waals surface area contributed by atoms with Crippen LogP contribution in [0.25, 0.3) is 5.76 Å². The Morgan fingerprint density at radius 2 is 1.69 bits per heavy atom. The molecule has 0 saturated carbocycles. The quantitative estimate of drug-likeness (QED) is 0.244. The number of Topliss-reactive ketones (excluding diaryl/α,β-unsaturated/α-hetero) is 1. The van der Waals surface area contributed by atoms with Gasteiger partial charge in [0.25, 0.3) is 11.7 Å². The van der Waals surface area contributed by atoms with Gasteiger partial charge in [0.1, 0.15) is 5.76 Å². The molecule has 1 amide bonds. The lowest BCUT2D eigenvalue weighted by molar-refractivity contribution is -0.132. The molecular weight excluding hydrogens is 466 g/mol. The number of aliphatic hydroxyl groups excluding tert-OH is 1. The number of hydrogen-bond acceptors (Lipinski definition) is 5. The molecule has 0 aliphatic carbocycles. The predicted molar refractivity (Wildman–Crippen MR) is 136 cm³/mol. The van der Waals surface area contributed by atoms with Crippen molar-refractivity contribution < 1.29 is 24.5 Å². The molecule has 1 saturated heterocycles. The van der Waals surface area contributed by atoms with E-state index in [1.54, 1.807) is 55.5 Å². The van der Waals surface area contributed by atoms with Crippen LogP contribution in [0.15, 0.2) is 72.3 Å².